The molecule has 0 aliphatic rings. The van der Waals surface area contributed by atoms with Gasteiger partial charge in [-0.1, -0.05) is 15.9 Å². The molecule has 0 heterocycles. The standard InChI is InChI=1S/C10H14BrNO/c1-6-4-8(13-3)5-9(7(2)12)10(6)11/h4-5,7H,12H2,1-3H3. The summed E-state index contributed by atoms with van der Waals surface area (Å²) < 4.78 is 6.24. The first-order valence-corrected chi connectivity index (χ1v) is 4.95. The molecule has 0 aromatic heterocycles. The number of halogens is 1. The van der Waals surface area contributed by atoms with Gasteiger partial charge in [0.25, 0.3) is 0 Å². The van der Waals surface area contributed by atoms with E-state index < -0.39 is 0 Å². The lowest BCUT2D eigenvalue weighted by Gasteiger charge is -2.12. The number of aryl methyl sites for hydroxylation is 1. The second-order valence-electron chi connectivity index (χ2n) is 3.14. The van der Waals surface area contributed by atoms with Gasteiger partial charge in [-0.15, -0.1) is 0 Å². The maximum absolute atomic E-state index is 5.82. The van der Waals surface area contributed by atoms with E-state index in [0.717, 1.165) is 21.3 Å². The van der Waals surface area contributed by atoms with E-state index in [1.807, 2.05) is 26.0 Å². The highest BCUT2D eigenvalue weighted by Gasteiger charge is 2.09. The summed E-state index contributed by atoms with van der Waals surface area (Å²) >= 11 is 3.51. The fraction of sp³-hybridized carbons (Fsp3) is 0.400. The molecule has 0 fully saturated rings. The molecule has 0 spiro atoms. The van der Waals surface area contributed by atoms with Crippen molar-refractivity contribution in [2.45, 2.75) is 19.9 Å². The van der Waals surface area contributed by atoms with Gasteiger partial charge in [0.2, 0.25) is 0 Å². The van der Waals surface area contributed by atoms with Crippen LogP contribution < -0.4 is 10.5 Å². The van der Waals surface area contributed by atoms with Crippen LogP contribution in [0.25, 0.3) is 0 Å². The Morgan fingerprint density at radius 1 is 1.46 bits per heavy atom. The number of benzene rings is 1. The number of methoxy groups -OCH3 is 1. The maximum Gasteiger partial charge on any atom is 0.119 e. The van der Waals surface area contributed by atoms with Crippen LogP contribution in [0.4, 0.5) is 0 Å². The lowest BCUT2D eigenvalue weighted by atomic mass is 10.1. The van der Waals surface area contributed by atoms with E-state index >= 15 is 0 Å². The molecule has 2 nitrogen and oxygen atoms in total. The quantitative estimate of drug-likeness (QED) is 0.868. The monoisotopic (exact) mass is 243 g/mol. The van der Waals surface area contributed by atoms with Crippen LogP contribution in [0, 0.1) is 6.92 Å². The Morgan fingerprint density at radius 3 is 2.54 bits per heavy atom. The molecule has 0 amide bonds. The molecule has 1 atom stereocenters. The van der Waals surface area contributed by atoms with Crippen molar-refractivity contribution in [3.63, 3.8) is 0 Å². The van der Waals surface area contributed by atoms with Crippen LogP contribution in [0.3, 0.4) is 0 Å². The minimum absolute atomic E-state index is 0.0168. The molecule has 1 unspecified atom stereocenters. The average molecular weight is 244 g/mol. The van der Waals surface area contributed by atoms with Crippen molar-refractivity contribution in [3.05, 3.63) is 27.7 Å². The third-order valence-corrected chi connectivity index (χ3v) is 3.07. The number of hydrogen-bond donors (Lipinski definition) is 1. The van der Waals surface area contributed by atoms with Gasteiger partial charge >= 0.3 is 0 Å². The van der Waals surface area contributed by atoms with Crippen molar-refractivity contribution in [2.24, 2.45) is 5.73 Å². The highest BCUT2D eigenvalue weighted by Crippen LogP contribution is 2.30. The fourth-order valence-electron chi connectivity index (χ4n) is 1.21. The van der Waals surface area contributed by atoms with Crippen molar-refractivity contribution in [3.8, 4) is 5.75 Å². The van der Waals surface area contributed by atoms with Crippen LogP contribution >= 0.6 is 15.9 Å². The van der Waals surface area contributed by atoms with E-state index in [4.69, 9.17) is 10.5 Å². The third kappa shape index (κ3) is 2.23. The molecular weight excluding hydrogens is 230 g/mol. The van der Waals surface area contributed by atoms with Crippen LogP contribution in [-0.4, -0.2) is 7.11 Å². The zero-order chi connectivity index (χ0) is 10.0. The van der Waals surface area contributed by atoms with Crippen LogP contribution in [0.1, 0.15) is 24.1 Å². The van der Waals surface area contributed by atoms with E-state index in [1.165, 1.54) is 0 Å². The number of rotatable bonds is 2. The second kappa shape index (κ2) is 4.11. The van der Waals surface area contributed by atoms with Gasteiger partial charge in [0.1, 0.15) is 5.75 Å². The van der Waals surface area contributed by atoms with Crippen molar-refractivity contribution in [2.75, 3.05) is 7.11 Å². The van der Waals surface area contributed by atoms with E-state index in [-0.39, 0.29) is 6.04 Å². The average Bonchev–Trinajstić information content (AvgIpc) is 2.09. The van der Waals surface area contributed by atoms with Gasteiger partial charge in [0.05, 0.1) is 7.11 Å². The Kier molecular flexibility index (Phi) is 3.33. The number of nitrogens with two attached hydrogens (primary N) is 1. The highest BCUT2D eigenvalue weighted by molar-refractivity contribution is 9.10. The third-order valence-electron chi connectivity index (χ3n) is 1.98. The van der Waals surface area contributed by atoms with E-state index in [1.54, 1.807) is 7.11 Å². The molecule has 0 saturated carbocycles. The summed E-state index contributed by atoms with van der Waals surface area (Å²) in [6.07, 6.45) is 0. The normalized spacial score (nSPS) is 12.7. The Hall–Kier alpha value is -0.540. The zero-order valence-corrected chi connectivity index (χ0v) is 9.68. The van der Waals surface area contributed by atoms with E-state index in [9.17, 15) is 0 Å². The van der Waals surface area contributed by atoms with Crippen molar-refractivity contribution >= 4 is 15.9 Å². The molecule has 0 saturated heterocycles. The van der Waals surface area contributed by atoms with Crippen molar-refractivity contribution < 1.29 is 4.74 Å². The zero-order valence-electron chi connectivity index (χ0n) is 8.10. The first-order valence-electron chi connectivity index (χ1n) is 4.16. The Bertz CT molecular complexity index is 310. The second-order valence-corrected chi connectivity index (χ2v) is 3.93. The van der Waals surface area contributed by atoms with Gasteiger partial charge < -0.3 is 10.5 Å². The molecule has 0 radical (unpaired) electrons. The number of hydrogen-bond acceptors (Lipinski definition) is 2. The van der Waals surface area contributed by atoms with Gasteiger partial charge in [-0.2, -0.15) is 0 Å². The Balaban J connectivity index is 3.25. The summed E-state index contributed by atoms with van der Waals surface area (Å²) in [7, 11) is 1.66. The summed E-state index contributed by atoms with van der Waals surface area (Å²) in [4.78, 5) is 0. The fourth-order valence-corrected chi connectivity index (χ4v) is 1.80. The Labute approximate surface area is 87.2 Å². The largest absolute Gasteiger partial charge is 0.497 e. The van der Waals surface area contributed by atoms with Gasteiger partial charge in [-0.25, -0.2) is 0 Å². The van der Waals surface area contributed by atoms with Crippen molar-refractivity contribution in [1.82, 2.24) is 0 Å². The molecule has 0 aliphatic heterocycles. The molecule has 1 aromatic rings. The van der Waals surface area contributed by atoms with Crippen LogP contribution in [-0.2, 0) is 0 Å². The predicted molar refractivity (Wildman–Crippen MR) is 58.0 cm³/mol. The van der Waals surface area contributed by atoms with Gasteiger partial charge in [-0.3, -0.25) is 0 Å². The summed E-state index contributed by atoms with van der Waals surface area (Å²) in [6.45, 7) is 3.98. The van der Waals surface area contributed by atoms with Gasteiger partial charge in [0.15, 0.2) is 0 Å². The predicted octanol–water partition coefficient (Wildman–Crippen LogP) is 2.79. The summed E-state index contributed by atoms with van der Waals surface area (Å²) in [5.41, 5.74) is 8.05. The minimum Gasteiger partial charge on any atom is -0.497 e. The van der Waals surface area contributed by atoms with E-state index in [2.05, 4.69) is 15.9 Å². The molecule has 13 heavy (non-hydrogen) atoms. The summed E-state index contributed by atoms with van der Waals surface area (Å²) in [5, 5.41) is 0. The molecular formula is C10H14BrNO. The van der Waals surface area contributed by atoms with Crippen LogP contribution in [0.15, 0.2) is 16.6 Å². The van der Waals surface area contributed by atoms with Crippen LogP contribution in [0.5, 0.6) is 5.75 Å². The number of ether oxygens (including phenoxy) is 1. The minimum atomic E-state index is 0.0168. The van der Waals surface area contributed by atoms with Crippen LogP contribution in [0.2, 0.25) is 0 Å². The maximum atomic E-state index is 5.82. The lowest BCUT2D eigenvalue weighted by molar-refractivity contribution is 0.413. The lowest BCUT2D eigenvalue weighted by Crippen LogP contribution is -2.06. The SMILES string of the molecule is COc1cc(C)c(Br)c(C(C)N)c1. The summed E-state index contributed by atoms with van der Waals surface area (Å²) in [6, 6.07) is 3.96. The summed E-state index contributed by atoms with van der Waals surface area (Å²) in [5.74, 6) is 0.855. The van der Waals surface area contributed by atoms with Crippen molar-refractivity contribution in [1.29, 1.82) is 0 Å². The molecule has 0 aliphatic carbocycles. The Morgan fingerprint density at radius 2 is 2.08 bits per heavy atom. The molecule has 1 rings (SSSR count). The first kappa shape index (κ1) is 10.5. The first-order chi connectivity index (χ1) is 6.06. The molecule has 0 bridgehead atoms. The van der Waals surface area contributed by atoms with Gasteiger partial charge in [0, 0.05) is 10.5 Å². The topological polar surface area (TPSA) is 35.2 Å². The highest BCUT2D eigenvalue weighted by atomic mass is 79.9. The smallest absolute Gasteiger partial charge is 0.119 e. The molecule has 2 N–H and O–H groups in total. The molecule has 1 aromatic carbocycles. The van der Waals surface area contributed by atoms with E-state index in [0.29, 0.717) is 0 Å². The molecule has 3 heteroatoms. The molecule has 72 valence electrons. The van der Waals surface area contributed by atoms with Gasteiger partial charge in [-0.05, 0) is 37.1 Å².